The highest BCUT2D eigenvalue weighted by atomic mass is 19.4. The molecule has 0 aliphatic rings. The largest absolute Gasteiger partial charge is 0.487 e. The van der Waals surface area contributed by atoms with Gasteiger partial charge >= 0.3 is 6.18 Å². The Morgan fingerprint density at radius 1 is 1.36 bits per heavy atom. The lowest BCUT2D eigenvalue weighted by atomic mass is 10.4. The minimum absolute atomic E-state index is 0.198. The van der Waals surface area contributed by atoms with Crippen LogP contribution in [0.4, 0.5) is 17.6 Å². The summed E-state index contributed by atoms with van der Waals surface area (Å²) in [5.41, 5.74) is 0. The quantitative estimate of drug-likeness (QED) is 0.459. The lowest BCUT2D eigenvalue weighted by Crippen LogP contribution is -2.15. The van der Waals surface area contributed by atoms with Crippen LogP contribution in [0.15, 0.2) is 11.6 Å². The van der Waals surface area contributed by atoms with Gasteiger partial charge in [-0.2, -0.15) is 13.2 Å². The van der Waals surface area contributed by atoms with E-state index in [9.17, 15) is 17.6 Å². The Bertz CT molecular complexity index is 154. The van der Waals surface area contributed by atoms with Crippen molar-refractivity contribution in [2.24, 2.45) is 0 Å². The van der Waals surface area contributed by atoms with Gasteiger partial charge in [-0.05, 0) is 13.8 Å². The van der Waals surface area contributed by atoms with Crippen molar-refractivity contribution in [1.29, 1.82) is 0 Å². The normalized spacial score (nSPS) is 14.4. The van der Waals surface area contributed by atoms with E-state index in [0.29, 0.717) is 6.92 Å². The van der Waals surface area contributed by atoms with Crippen LogP contribution in [0.25, 0.3) is 0 Å². The molecule has 0 N–H and O–H groups in total. The van der Waals surface area contributed by atoms with Gasteiger partial charge in [-0.15, -0.1) is 0 Å². The molecule has 0 aromatic heterocycles. The standard InChI is InChI=1S/C6H8F4O/c1-3-11-5(4(2)7)6(8,9)10/h3H2,1-2H3/b5-4+. The summed E-state index contributed by atoms with van der Waals surface area (Å²) in [6, 6.07) is 0. The summed E-state index contributed by atoms with van der Waals surface area (Å²) < 4.78 is 51.3. The Hall–Kier alpha value is -0.740. The van der Waals surface area contributed by atoms with Crippen LogP contribution in [-0.2, 0) is 4.74 Å². The third-order valence-electron chi connectivity index (χ3n) is 0.859. The highest BCUT2D eigenvalue weighted by Gasteiger charge is 2.38. The number of hydrogen-bond donors (Lipinski definition) is 0. The zero-order valence-corrected chi connectivity index (χ0v) is 6.13. The number of hydrogen-bond acceptors (Lipinski definition) is 1. The number of halogens is 4. The molecule has 1 nitrogen and oxygen atoms in total. The number of ether oxygens (including phenoxy) is 1. The summed E-state index contributed by atoms with van der Waals surface area (Å²) in [6.07, 6.45) is -4.73. The molecule has 0 atom stereocenters. The first-order valence-corrected chi connectivity index (χ1v) is 2.96. The van der Waals surface area contributed by atoms with E-state index in [4.69, 9.17) is 0 Å². The highest BCUT2D eigenvalue weighted by Crippen LogP contribution is 2.29. The zero-order chi connectivity index (χ0) is 9.07. The first kappa shape index (κ1) is 10.3. The van der Waals surface area contributed by atoms with Crippen LogP contribution in [0, 0.1) is 0 Å². The number of rotatable bonds is 2. The summed E-state index contributed by atoms with van der Waals surface area (Å²) >= 11 is 0. The van der Waals surface area contributed by atoms with Crippen molar-refractivity contribution in [3.05, 3.63) is 11.6 Å². The third-order valence-corrected chi connectivity index (χ3v) is 0.859. The summed E-state index contributed by atoms with van der Waals surface area (Å²) in [5, 5.41) is 0. The number of alkyl halides is 3. The van der Waals surface area contributed by atoms with Crippen LogP contribution in [-0.4, -0.2) is 12.8 Å². The molecule has 11 heavy (non-hydrogen) atoms. The molecule has 0 bridgehead atoms. The van der Waals surface area contributed by atoms with Gasteiger partial charge in [0.05, 0.1) is 6.61 Å². The fourth-order valence-electron chi connectivity index (χ4n) is 0.521. The molecule has 5 heteroatoms. The lowest BCUT2D eigenvalue weighted by molar-refractivity contribution is -0.132. The van der Waals surface area contributed by atoms with E-state index in [1.807, 2.05) is 0 Å². The molecule has 66 valence electrons. The first-order chi connectivity index (χ1) is 4.89. The lowest BCUT2D eigenvalue weighted by Gasteiger charge is -2.11. The van der Waals surface area contributed by atoms with E-state index in [1.54, 1.807) is 0 Å². The van der Waals surface area contributed by atoms with Gasteiger partial charge < -0.3 is 4.74 Å². The Morgan fingerprint density at radius 3 is 1.91 bits per heavy atom. The average Bonchev–Trinajstić information content (AvgIpc) is 1.79. The van der Waals surface area contributed by atoms with Crippen molar-refractivity contribution in [2.75, 3.05) is 6.61 Å². The molecule has 0 saturated carbocycles. The van der Waals surface area contributed by atoms with Crippen LogP contribution in [0.5, 0.6) is 0 Å². The minimum Gasteiger partial charge on any atom is -0.487 e. The summed E-state index contributed by atoms with van der Waals surface area (Å²) in [4.78, 5) is 0. The second kappa shape index (κ2) is 3.59. The summed E-state index contributed by atoms with van der Waals surface area (Å²) in [6.45, 7) is 1.86. The third kappa shape index (κ3) is 3.25. The Kier molecular flexibility index (Phi) is 3.35. The van der Waals surface area contributed by atoms with Crippen LogP contribution >= 0.6 is 0 Å². The van der Waals surface area contributed by atoms with Gasteiger partial charge in [0, 0.05) is 0 Å². The van der Waals surface area contributed by atoms with Gasteiger partial charge in [0.2, 0.25) is 5.76 Å². The first-order valence-electron chi connectivity index (χ1n) is 2.96. The maximum atomic E-state index is 12.1. The summed E-state index contributed by atoms with van der Waals surface area (Å²) in [5.74, 6) is -2.89. The fourth-order valence-corrected chi connectivity index (χ4v) is 0.521. The molecule has 0 radical (unpaired) electrons. The SMILES string of the molecule is CCO/C(=C(\C)F)C(F)(F)F. The van der Waals surface area contributed by atoms with Crippen molar-refractivity contribution in [1.82, 2.24) is 0 Å². The molecule has 0 spiro atoms. The van der Waals surface area contributed by atoms with Crippen LogP contribution in [0.2, 0.25) is 0 Å². The second-order valence-corrected chi connectivity index (χ2v) is 1.79. The van der Waals surface area contributed by atoms with E-state index in [2.05, 4.69) is 4.74 Å². The Balaban J connectivity index is 4.50. The Labute approximate surface area is 61.7 Å². The maximum absolute atomic E-state index is 12.1. The predicted octanol–water partition coefficient (Wildman–Crippen LogP) is 2.79. The molecule has 0 aliphatic heterocycles. The minimum atomic E-state index is -4.73. The van der Waals surface area contributed by atoms with E-state index in [-0.39, 0.29) is 6.61 Å². The number of allylic oxidation sites excluding steroid dienone is 2. The van der Waals surface area contributed by atoms with Crippen molar-refractivity contribution in [3.63, 3.8) is 0 Å². The molecule has 0 fully saturated rings. The van der Waals surface area contributed by atoms with E-state index < -0.39 is 17.8 Å². The molecule has 0 rings (SSSR count). The summed E-state index contributed by atoms with van der Waals surface area (Å²) in [7, 11) is 0. The molecule has 0 aromatic rings. The van der Waals surface area contributed by atoms with E-state index >= 15 is 0 Å². The van der Waals surface area contributed by atoms with E-state index in [0.717, 1.165) is 0 Å². The monoisotopic (exact) mass is 172 g/mol. The van der Waals surface area contributed by atoms with Crippen molar-refractivity contribution < 1.29 is 22.3 Å². The van der Waals surface area contributed by atoms with Gasteiger partial charge in [0.25, 0.3) is 0 Å². The van der Waals surface area contributed by atoms with Gasteiger partial charge in [-0.25, -0.2) is 4.39 Å². The highest BCUT2D eigenvalue weighted by molar-refractivity contribution is 5.04. The van der Waals surface area contributed by atoms with Crippen molar-refractivity contribution in [2.45, 2.75) is 20.0 Å². The zero-order valence-electron chi connectivity index (χ0n) is 6.13. The molecule has 0 unspecified atom stereocenters. The molecule has 0 saturated heterocycles. The average molecular weight is 172 g/mol. The van der Waals surface area contributed by atoms with Crippen LogP contribution in [0.3, 0.4) is 0 Å². The predicted molar refractivity (Wildman–Crippen MR) is 31.5 cm³/mol. The van der Waals surface area contributed by atoms with Gasteiger partial charge in [-0.1, -0.05) is 0 Å². The second-order valence-electron chi connectivity index (χ2n) is 1.79. The fraction of sp³-hybridized carbons (Fsp3) is 0.667. The molecule has 0 aromatic carbocycles. The van der Waals surface area contributed by atoms with Crippen molar-refractivity contribution >= 4 is 0 Å². The van der Waals surface area contributed by atoms with Gasteiger partial charge in [0.15, 0.2) is 0 Å². The van der Waals surface area contributed by atoms with E-state index in [1.165, 1.54) is 6.92 Å². The van der Waals surface area contributed by atoms with Crippen LogP contribution < -0.4 is 0 Å². The van der Waals surface area contributed by atoms with Crippen LogP contribution in [0.1, 0.15) is 13.8 Å². The molecule has 0 heterocycles. The molecule has 0 amide bonds. The smallest absolute Gasteiger partial charge is 0.451 e. The van der Waals surface area contributed by atoms with Gasteiger partial charge in [-0.3, -0.25) is 0 Å². The Morgan fingerprint density at radius 2 is 1.82 bits per heavy atom. The van der Waals surface area contributed by atoms with Gasteiger partial charge in [0.1, 0.15) is 5.83 Å². The topological polar surface area (TPSA) is 9.23 Å². The maximum Gasteiger partial charge on any atom is 0.451 e. The molecular formula is C6H8F4O. The molecule has 0 aliphatic carbocycles. The molecular weight excluding hydrogens is 164 g/mol. The van der Waals surface area contributed by atoms with Crippen molar-refractivity contribution in [3.8, 4) is 0 Å².